The van der Waals surface area contributed by atoms with Crippen LogP contribution in [-0.4, -0.2) is 47.0 Å². The summed E-state index contributed by atoms with van der Waals surface area (Å²) in [5, 5.41) is 4.90. The van der Waals surface area contributed by atoms with Crippen LogP contribution in [0.15, 0.2) is 66.7 Å². The lowest BCUT2D eigenvalue weighted by atomic mass is 9.95. The molecule has 9 heteroatoms. The van der Waals surface area contributed by atoms with Crippen molar-refractivity contribution in [3.8, 4) is 11.1 Å². The Hall–Kier alpha value is -4.66. The van der Waals surface area contributed by atoms with Crippen LogP contribution in [0, 0.1) is 5.82 Å². The van der Waals surface area contributed by atoms with E-state index in [1.54, 1.807) is 24.3 Å². The van der Waals surface area contributed by atoms with Gasteiger partial charge in [0, 0.05) is 13.0 Å². The van der Waals surface area contributed by atoms with E-state index in [2.05, 4.69) is 10.6 Å². The summed E-state index contributed by atoms with van der Waals surface area (Å²) in [4.78, 5) is 63.6. The van der Waals surface area contributed by atoms with Crippen molar-refractivity contribution in [3.05, 3.63) is 94.8 Å². The van der Waals surface area contributed by atoms with Gasteiger partial charge in [-0.25, -0.2) is 4.39 Å². The summed E-state index contributed by atoms with van der Waals surface area (Å²) in [7, 11) is 0. The molecule has 37 heavy (non-hydrogen) atoms. The smallest absolute Gasteiger partial charge is 0.262 e. The molecule has 3 aromatic rings. The Kier molecular flexibility index (Phi) is 6.35. The number of amides is 5. The van der Waals surface area contributed by atoms with Gasteiger partial charge in [-0.05, 0) is 47.7 Å². The highest BCUT2D eigenvalue weighted by Crippen LogP contribution is 2.35. The number of nitrogens with one attached hydrogen (secondary N) is 2. The number of rotatable bonds is 6. The normalized spacial score (nSPS) is 17.0. The van der Waals surface area contributed by atoms with Crippen molar-refractivity contribution in [3.63, 3.8) is 0 Å². The van der Waals surface area contributed by atoms with E-state index in [0.29, 0.717) is 17.5 Å². The molecule has 186 valence electrons. The summed E-state index contributed by atoms with van der Waals surface area (Å²) in [6.07, 6.45) is 0.587. The van der Waals surface area contributed by atoms with Gasteiger partial charge in [0.1, 0.15) is 11.9 Å². The number of piperidine rings is 1. The first-order valence-corrected chi connectivity index (χ1v) is 11.8. The van der Waals surface area contributed by atoms with Gasteiger partial charge in [0.05, 0.1) is 16.7 Å². The fourth-order valence-corrected chi connectivity index (χ4v) is 4.71. The molecule has 1 unspecified atom stereocenters. The van der Waals surface area contributed by atoms with Gasteiger partial charge in [-0.1, -0.05) is 48.5 Å². The number of imide groups is 2. The molecule has 2 N–H and O–H groups in total. The minimum absolute atomic E-state index is 0.0279. The monoisotopic (exact) mass is 499 g/mol. The molecule has 0 saturated carbocycles. The lowest BCUT2D eigenvalue weighted by Gasteiger charge is -2.27. The van der Waals surface area contributed by atoms with Crippen molar-refractivity contribution < 1.29 is 28.4 Å². The largest absolute Gasteiger partial charge is 0.352 e. The van der Waals surface area contributed by atoms with Gasteiger partial charge < -0.3 is 5.32 Å². The highest BCUT2D eigenvalue weighted by atomic mass is 19.1. The second-order valence-electron chi connectivity index (χ2n) is 8.86. The number of hydrogen-bond donors (Lipinski definition) is 2. The quantitative estimate of drug-likeness (QED) is 0.507. The second-order valence-corrected chi connectivity index (χ2v) is 8.86. The molecule has 2 aliphatic heterocycles. The molecule has 0 radical (unpaired) electrons. The molecule has 5 rings (SSSR count). The molecule has 2 aliphatic rings. The number of hydrogen-bond acceptors (Lipinski definition) is 5. The third-order valence-corrected chi connectivity index (χ3v) is 6.52. The van der Waals surface area contributed by atoms with Crippen molar-refractivity contribution in [2.45, 2.75) is 25.3 Å². The van der Waals surface area contributed by atoms with Gasteiger partial charge in [0.15, 0.2) is 0 Å². The molecule has 5 amide bonds. The summed E-state index contributed by atoms with van der Waals surface area (Å²) in [5.41, 5.74) is 2.49. The molecule has 0 aliphatic carbocycles. The molecule has 1 saturated heterocycles. The van der Waals surface area contributed by atoms with Crippen molar-refractivity contribution in [1.82, 2.24) is 15.5 Å². The average Bonchev–Trinajstić information content (AvgIpc) is 3.14. The maximum Gasteiger partial charge on any atom is 0.262 e. The van der Waals surface area contributed by atoms with Crippen LogP contribution in [0.1, 0.15) is 49.5 Å². The lowest BCUT2D eigenvalue weighted by molar-refractivity contribution is -0.136. The molecule has 1 fully saturated rings. The van der Waals surface area contributed by atoms with Crippen molar-refractivity contribution >= 4 is 29.5 Å². The van der Waals surface area contributed by atoms with Gasteiger partial charge in [0.2, 0.25) is 11.8 Å². The average molecular weight is 499 g/mol. The zero-order valence-electron chi connectivity index (χ0n) is 19.6. The predicted molar refractivity (Wildman–Crippen MR) is 131 cm³/mol. The van der Waals surface area contributed by atoms with Crippen LogP contribution in [0.4, 0.5) is 4.39 Å². The fourth-order valence-electron chi connectivity index (χ4n) is 4.71. The summed E-state index contributed by atoms with van der Waals surface area (Å²) in [6, 6.07) is 17.0. The first kappa shape index (κ1) is 24.1. The highest BCUT2D eigenvalue weighted by molar-refractivity contribution is 6.25. The zero-order valence-corrected chi connectivity index (χ0v) is 19.6. The minimum atomic E-state index is -1.04. The van der Waals surface area contributed by atoms with E-state index in [-0.39, 0.29) is 36.1 Å². The molecule has 0 spiro atoms. The van der Waals surface area contributed by atoms with Crippen LogP contribution in [0.3, 0.4) is 0 Å². The number of nitrogens with zero attached hydrogens (tertiary/aromatic N) is 1. The zero-order chi connectivity index (χ0) is 26.1. The first-order valence-electron chi connectivity index (χ1n) is 11.8. The fraction of sp³-hybridized carbons (Fsp3) is 0.179. The maximum absolute atomic E-state index is 13.8. The second kappa shape index (κ2) is 9.77. The summed E-state index contributed by atoms with van der Waals surface area (Å²) in [5.74, 6) is -3.33. The molecule has 8 nitrogen and oxygen atoms in total. The molecular formula is C28H22FN3O5. The van der Waals surface area contributed by atoms with E-state index < -0.39 is 41.4 Å². The highest BCUT2D eigenvalue weighted by Gasteiger charge is 2.45. The van der Waals surface area contributed by atoms with Crippen molar-refractivity contribution in [2.75, 3.05) is 6.54 Å². The van der Waals surface area contributed by atoms with E-state index >= 15 is 0 Å². The van der Waals surface area contributed by atoms with Gasteiger partial charge in [-0.3, -0.25) is 34.2 Å². The van der Waals surface area contributed by atoms with Crippen LogP contribution in [0.5, 0.6) is 0 Å². The molecular weight excluding hydrogens is 477 g/mol. The topological polar surface area (TPSA) is 113 Å². The Labute approximate surface area is 211 Å². The Balaban J connectivity index is 1.35. The molecule has 1 atom stereocenters. The van der Waals surface area contributed by atoms with Crippen LogP contribution >= 0.6 is 0 Å². The Morgan fingerprint density at radius 3 is 2.49 bits per heavy atom. The van der Waals surface area contributed by atoms with Gasteiger partial charge in [-0.15, -0.1) is 0 Å². The lowest BCUT2D eigenvalue weighted by Crippen LogP contribution is -2.54. The summed E-state index contributed by atoms with van der Waals surface area (Å²) < 4.78 is 13.8. The van der Waals surface area contributed by atoms with E-state index in [9.17, 15) is 28.4 Å². The van der Waals surface area contributed by atoms with Gasteiger partial charge >= 0.3 is 0 Å². The predicted octanol–water partition coefficient (Wildman–Crippen LogP) is 2.87. The van der Waals surface area contributed by atoms with Gasteiger partial charge in [-0.2, -0.15) is 0 Å². The SMILES string of the molecule is O=C1CCC(N2C(=O)c3cccc(-c4cccc(CCNC(=O)c5ccccc5F)c4)c3C2=O)C(=O)N1. The number of carbonyl (C=O) groups is 5. The van der Waals surface area contributed by atoms with E-state index in [1.165, 1.54) is 18.2 Å². The Bertz CT molecular complexity index is 1470. The standard InChI is InChI=1S/C28H22FN3O5/c29-21-10-2-1-7-19(21)25(34)30-14-13-16-5-3-6-17(15-16)18-8-4-9-20-24(18)28(37)32(27(20)36)22-11-12-23(33)31-26(22)35/h1-10,15,22H,11-14H2,(H,30,34)(H,31,33,35). The number of benzene rings is 3. The Morgan fingerprint density at radius 2 is 1.70 bits per heavy atom. The Morgan fingerprint density at radius 1 is 0.946 bits per heavy atom. The number of fused-ring (bicyclic) bond motifs is 1. The van der Waals surface area contributed by atoms with E-state index in [1.807, 2.05) is 24.3 Å². The van der Waals surface area contributed by atoms with E-state index in [4.69, 9.17) is 0 Å². The third kappa shape index (κ3) is 4.51. The van der Waals surface area contributed by atoms with Crippen molar-refractivity contribution in [2.24, 2.45) is 0 Å². The van der Waals surface area contributed by atoms with Crippen molar-refractivity contribution in [1.29, 1.82) is 0 Å². The van der Waals surface area contributed by atoms with Crippen LogP contribution < -0.4 is 10.6 Å². The summed E-state index contributed by atoms with van der Waals surface area (Å²) in [6.45, 7) is 0.268. The number of carbonyl (C=O) groups excluding carboxylic acids is 5. The molecule has 0 bridgehead atoms. The summed E-state index contributed by atoms with van der Waals surface area (Å²) >= 11 is 0. The molecule has 3 aromatic carbocycles. The van der Waals surface area contributed by atoms with Crippen LogP contribution in [0.2, 0.25) is 0 Å². The first-order chi connectivity index (χ1) is 17.8. The maximum atomic E-state index is 13.8. The van der Waals surface area contributed by atoms with Gasteiger partial charge in [0.25, 0.3) is 17.7 Å². The van der Waals surface area contributed by atoms with Crippen LogP contribution in [-0.2, 0) is 16.0 Å². The number of halogens is 1. The van der Waals surface area contributed by atoms with E-state index in [0.717, 1.165) is 10.5 Å². The minimum Gasteiger partial charge on any atom is -0.352 e. The van der Waals surface area contributed by atoms with Crippen LogP contribution in [0.25, 0.3) is 11.1 Å². The molecule has 2 heterocycles. The molecule has 0 aromatic heterocycles. The third-order valence-electron chi connectivity index (χ3n) is 6.52.